The fourth-order valence-electron chi connectivity index (χ4n) is 1.77. The van der Waals surface area contributed by atoms with Gasteiger partial charge in [-0.1, -0.05) is 13.0 Å². The fourth-order valence-corrected chi connectivity index (χ4v) is 1.77. The maximum atomic E-state index is 9.54. The zero-order chi connectivity index (χ0) is 15.0. The highest BCUT2D eigenvalue weighted by Gasteiger charge is 2.25. The van der Waals surface area contributed by atoms with Crippen LogP contribution < -0.4 is 19.5 Å². The van der Waals surface area contributed by atoms with Crippen molar-refractivity contribution in [3.63, 3.8) is 0 Å². The Morgan fingerprint density at radius 1 is 1.20 bits per heavy atom. The molecule has 0 aliphatic rings. The molecule has 0 fully saturated rings. The molecular weight excluding hydrogens is 258 g/mol. The van der Waals surface area contributed by atoms with E-state index in [2.05, 4.69) is 12.2 Å². The van der Waals surface area contributed by atoms with Gasteiger partial charge in [-0.3, -0.25) is 0 Å². The van der Waals surface area contributed by atoms with Crippen molar-refractivity contribution < 1.29 is 19.3 Å². The molecule has 0 amide bonds. The van der Waals surface area contributed by atoms with Crippen LogP contribution in [0.3, 0.4) is 0 Å². The first kappa shape index (κ1) is 16.6. The normalized spacial score (nSPS) is 13.7. The number of aliphatic hydroxyl groups excluding tert-OH is 1. The summed E-state index contributed by atoms with van der Waals surface area (Å²) in [4.78, 5) is 0. The third kappa shape index (κ3) is 4.28. The molecule has 5 nitrogen and oxygen atoms in total. The number of nitrogens with one attached hydrogen (secondary N) is 1. The van der Waals surface area contributed by atoms with Gasteiger partial charge in [0.05, 0.1) is 26.4 Å². The Morgan fingerprint density at radius 2 is 1.80 bits per heavy atom. The Labute approximate surface area is 120 Å². The highest BCUT2D eigenvalue weighted by atomic mass is 16.5. The smallest absolute Gasteiger partial charge is 0.203 e. The number of rotatable bonds is 9. The highest BCUT2D eigenvalue weighted by Crippen LogP contribution is 2.37. The van der Waals surface area contributed by atoms with Gasteiger partial charge in [0.25, 0.3) is 0 Å². The summed E-state index contributed by atoms with van der Waals surface area (Å²) in [7, 11) is 3.17. The molecule has 0 radical (unpaired) electrons. The number of para-hydroxylation sites is 1. The van der Waals surface area contributed by atoms with E-state index in [1.54, 1.807) is 14.2 Å². The number of ether oxygens (including phenoxy) is 3. The molecule has 20 heavy (non-hydrogen) atoms. The van der Waals surface area contributed by atoms with E-state index in [1.807, 2.05) is 25.1 Å². The topological polar surface area (TPSA) is 60.0 Å². The molecule has 1 rings (SSSR count). The van der Waals surface area contributed by atoms with Crippen molar-refractivity contribution in [3.8, 4) is 17.2 Å². The molecule has 1 aromatic rings. The monoisotopic (exact) mass is 283 g/mol. The predicted octanol–water partition coefficient (Wildman–Crippen LogP) is 1.83. The van der Waals surface area contributed by atoms with Crippen LogP contribution in [0.1, 0.15) is 20.3 Å². The van der Waals surface area contributed by atoms with Gasteiger partial charge in [0.2, 0.25) is 5.75 Å². The molecular formula is C15H25NO4. The Bertz CT molecular complexity index is 389. The Kier molecular flexibility index (Phi) is 6.61. The van der Waals surface area contributed by atoms with Crippen molar-refractivity contribution >= 4 is 0 Å². The summed E-state index contributed by atoms with van der Waals surface area (Å²) in [6.07, 6.45) is 0.994. The molecule has 2 N–H and O–H groups in total. The molecule has 0 aromatic heterocycles. The van der Waals surface area contributed by atoms with Crippen LogP contribution in [-0.4, -0.2) is 44.6 Å². The molecule has 0 bridgehead atoms. The van der Waals surface area contributed by atoms with Gasteiger partial charge in [-0.05, 0) is 32.0 Å². The van der Waals surface area contributed by atoms with Crippen LogP contribution in [0.25, 0.3) is 0 Å². The van der Waals surface area contributed by atoms with E-state index in [0.717, 1.165) is 13.0 Å². The van der Waals surface area contributed by atoms with Crippen molar-refractivity contribution in [1.82, 2.24) is 5.32 Å². The van der Waals surface area contributed by atoms with E-state index in [9.17, 15) is 5.11 Å². The van der Waals surface area contributed by atoms with Crippen LogP contribution in [-0.2, 0) is 0 Å². The number of hydrogen-bond donors (Lipinski definition) is 2. The van der Waals surface area contributed by atoms with Gasteiger partial charge < -0.3 is 24.6 Å². The largest absolute Gasteiger partial charge is 0.493 e. The molecule has 0 saturated heterocycles. The molecule has 1 aromatic carbocycles. The molecule has 114 valence electrons. The van der Waals surface area contributed by atoms with Gasteiger partial charge in [0, 0.05) is 0 Å². The maximum absolute atomic E-state index is 9.54. The Morgan fingerprint density at radius 3 is 2.25 bits per heavy atom. The SMILES string of the molecule is CCCNC(C)(CO)COc1c(OC)cccc1OC. The molecule has 0 saturated carbocycles. The van der Waals surface area contributed by atoms with E-state index in [1.165, 1.54) is 0 Å². The Hall–Kier alpha value is -1.46. The Balaban J connectivity index is 2.82. The summed E-state index contributed by atoms with van der Waals surface area (Å²) in [5.74, 6) is 1.77. The molecule has 1 atom stereocenters. The van der Waals surface area contributed by atoms with Crippen LogP contribution in [0.4, 0.5) is 0 Å². The summed E-state index contributed by atoms with van der Waals surface area (Å²) < 4.78 is 16.4. The molecule has 5 heteroatoms. The van der Waals surface area contributed by atoms with E-state index >= 15 is 0 Å². The second-order valence-electron chi connectivity index (χ2n) is 4.93. The van der Waals surface area contributed by atoms with Gasteiger partial charge >= 0.3 is 0 Å². The lowest BCUT2D eigenvalue weighted by molar-refractivity contribution is 0.112. The van der Waals surface area contributed by atoms with Crippen LogP contribution >= 0.6 is 0 Å². The standard InChI is InChI=1S/C15H25NO4/c1-5-9-16-15(2,10-17)11-20-14-12(18-3)7-6-8-13(14)19-4/h6-8,16-17H,5,9-11H2,1-4H3. The number of hydrogen-bond acceptors (Lipinski definition) is 5. The minimum Gasteiger partial charge on any atom is -0.493 e. The number of benzene rings is 1. The fraction of sp³-hybridized carbons (Fsp3) is 0.600. The summed E-state index contributed by atoms with van der Waals surface area (Å²) in [6.45, 7) is 5.13. The summed E-state index contributed by atoms with van der Waals surface area (Å²) >= 11 is 0. The zero-order valence-electron chi connectivity index (χ0n) is 12.7. The quantitative estimate of drug-likeness (QED) is 0.724. The number of methoxy groups -OCH3 is 2. The first-order valence-electron chi connectivity index (χ1n) is 6.80. The molecule has 1 unspecified atom stereocenters. The van der Waals surface area contributed by atoms with Crippen molar-refractivity contribution in [1.29, 1.82) is 0 Å². The van der Waals surface area contributed by atoms with Gasteiger partial charge in [0.15, 0.2) is 11.5 Å². The van der Waals surface area contributed by atoms with Crippen LogP contribution in [0, 0.1) is 0 Å². The first-order chi connectivity index (χ1) is 9.60. The second kappa shape index (κ2) is 7.97. The van der Waals surface area contributed by atoms with Crippen molar-refractivity contribution in [2.75, 3.05) is 34.0 Å². The minimum atomic E-state index is -0.498. The predicted molar refractivity (Wildman–Crippen MR) is 78.8 cm³/mol. The average molecular weight is 283 g/mol. The average Bonchev–Trinajstić information content (AvgIpc) is 2.50. The zero-order valence-corrected chi connectivity index (χ0v) is 12.7. The molecule has 0 spiro atoms. The van der Waals surface area contributed by atoms with Crippen molar-refractivity contribution in [2.45, 2.75) is 25.8 Å². The second-order valence-corrected chi connectivity index (χ2v) is 4.93. The summed E-state index contributed by atoms with van der Waals surface area (Å²) in [6, 6.07) is 5.46. The van der Waals surface area contributed by atoms with Gasteiger partial charge in [-0.25, -0.2) is 0 Å². The van der Waals surface area contributed by atoms with Gasteiger partial charge in [-0.15, -0.1) is 0 Å². The van der Waals surface area contributed by atoms with Crippen molar-refractivity contribution in [2.24, 2.45) is 0 Å². The first-order valence-corrected chi connectivity index (χ1v) is 6.80. The van der Waals surface area contributed by atoms with Crippen LogP contribution in [0.5, 0.6) is 17.2 Å². The van der Waals surface area contributed by atoms with E-state index < -0.39 is 5.54 Å². The molecule has 0 heterocycles. The lowest BCUT2D eigenvalue weighted by Crippen LogP contribution is -2.50. The summed E-state index contributed by atoms with van der Waals surface area (Å²) in [5, 5.41) is 12.8. The van der Waals surface area contributed by atoms with Crippen LogP contribution in [0.15, 0.2) is 18.2 Å². The maximum Gasteiger partial charge on any atom is 0.203 e. The third-order valence-electron chi connectivity index (χ3n) is 3.07. The van der Waals surface area contributed by atoms with E-state index in [4.69, 9.17) is 14.2 Å². The lowest BCUT2D eigenvalue weighted by Gasteiger charge is -2.29. The van der Waals surface area contributed by atoms with Gasteiger partial charge in [0.1, 0.15) is 6.61 Å². The third-order valence-corrected chi connectivity index (χ3v) is 3.07. The number of aliphatic hydroxyl groups is 1. The highest BCUT2D eigenvalue weighted by molar-refractivity contribution is 5.51. The lowest BCUT2D eigenvalue weighted by atomic mass is 10.1. The van der Waals surface area contributed by atoms with Crippen molar-refractivity contribution in [3.05, 3.63) is 18.2 Å². The van der Waals surface area contributed by atoms with E-state index in [0.29, 0.717) is 23.9 Å². The minimum absolute atomic E-state index is 0.00946. The van der Waals surface area contributed by atoms with Gasteiger partial charge in [-0.2, -0.15) is 0 Å². The van der Waals surface area contributed by atoms with Crippen LogP contribution in [0.2, 0.25) is 0 Å². The van der Waals surface area contributed by atoms with E-state index in [-0.39, 0.29) is 6.61 Å². The summed E-state index contributed by atoms with van der Waals surface area (Å²) in [5.41, 5.74) is -0.498. The molecule has 0 aliphatic carbocycles. The molecule has 0 aliphatic heterocycles.